The Morgan fingerprint density at radius 2 is 1.89 bits per heavy atom. The molecule has 0 spiro atoms. The Bertz CT molecular complexity index is 398. The van der Waals surface area contributed by atoms with Crippen LogP contribution in [-0.4, -0.2) is 37.1 Å². The van der Waals surface area contributed by atoms with Gasteiger partial charge in [0.05, 0.1) is 0 Å². The predicted molar refractivity (Wildman–Crippen MR) is 81.0 cm³/mol. The highest BCUT2D eigenvalue weighted by Crippen LogP contribution is 2.26. The van der Waals surface area contributed by atoms with Gasteiger partial charge in [-0.2, -0.15) is 0 Å². The topological polar surface area (TPSA) is 32.5 Å². The predicted octanol–water partition coefficient (Wildman–Crippen LogP) is 2.44. The van der Waals surface area contributed by atoms with Gasteiger partial charge in [0.25, 0.3) is 0 Å². The van der Waals surface area contributed by atoms with Crippen molar-refractivity contribution in [3.63, 3.8) is 0 Å². The number of nitrogens with two attached hydrogens (primary N) is 1. The van der Waals surface area contributed by atoms with Gasteiger partial charge in [-0.25, -0.2) is 0 Å². The molecule has 0 atom stereocenters. The summed E-state index contributed by atoms with van der Waals surface area (Å²) >= 11 is 3.55. The molecule has 2 N–H and O–H groups in total. The average molecular weight is 312 g/mol. The van der Waals surface area contributed by atoms with Crippen molar-refractivity contribution < 1.29 is 0 Å². The molecule has 2 rings (SSSR count). The van der Waals surface area contributed by atoms with E-state index >= 15 is 0 Å². The van der Waals surface area contributed by atoms with Gasteiger partial charge in [-0.15, -0.1) is 0 Å². The standard InChI is InChI=1S/C14H22BrN3/c1-11(2)17-5-7-18(8-6-17)14-9-13(15)4-3-12(14)10-16/h3-4,9,11H,5-8,10,16H2,1-2H3. The van der Waals surface area contributed by atoms with Gasteiger partial charge in [-0.3, -0.25) is 4.90 Å². The van der Waals surface area contributed by atoms with Crippen molar-refractivity contribution in [1.82, 2.24) is 4.90 Å². The second kappa shape index (κ2) is 6.04. The van der Waals surface area contributed by atoms with Crippen molar-refractivity contribution in [2.24, 2.45) is 5.73 Å². The Kier molecular flexibility index (Phi) is 4.65. The fourth-order valence-electron chi connectivity index (χ4n) is 2.48. The van der Waals surface area contributed by atoms with Crippen molar-refractivity contribution in [3.8, 4) is 0 Å². The molecule has 1 aliphatic rings. The van der Waals surface area contributed by atoms with E-state index in [0.29, 0.717) is 12.6 Å². The molecule has 3 nitrogen and oxygen atoms in total. The van der Waals surface area contributed by atoms with Crippen LogP contribution in [0.1, 0.15) is 19.4 Å². The third kappa shape index (κ3) is 3.05. The molecule has 1 aliphatic heterocycles. The molecule has 4 heteroatoms. The maximum absolute atomic E-state index is 5.83. The molecule has 0 saturated carbocycles. The lowest BCUT2D eigenvalue weighted by atomic mass is 10.1. The van der Waals surface area contributed by atoms with Gasteiger partial charge in [0, 0.05) is 48.9 Å². The molecule has 0 unspecified atom stereocenters. The van der Waals surface area contributed by atoms with Crippen LogP contribution in [0, 0.1) is 0 Å². The monoisotopic (exact) mass is 311 g/mol. The van der Waals surface area contributed by atoms with Crippen LogP contribution in [0.25, 0.3) is 0 Å². The summed E-state index contributed by atoms with van der Waals surface area (Å²) < 4.78 is 1.13. The summed E-state index contributed by atoms with van der Waals surface area (Å²) in [5.74, 6) is 0. The zero-order valence-corrected chi connectivity index (χ0v) is 12.8. The smallest absolute Gasteiger partial charge is 0.0423 e. The number of hydrogen-bond donors (Lipinski definition) is 1. The minimum absolute atomic E-state index is 0.604. The van der Waals surface area contributed by atoms with E-state index in [2.05, 4.69) is 57.8 Å². The van der Waals surface area contributed by atoms with Gasteiger partial charge >= 0.3 is 0 Å². The molecule has 18 heavy (non-hydrogen) atoms. The largest absolute Gasteiger partial charge is 0.369 e. The summed E-state index contributed by atoms with van der Waals surface area (Å²) in [6.07, 6.45) is 0. The number of rotatable bonds is 3. The van der Waals surface area contributed by atoms with Crippen LogP contribution in [0.4, 0.5) is 5.69 Å². The summed E-state index contributed by atoms with van der Waals surface area (Å²) in [5.41, 5.74) is 8.35. The number of benzene rings is 1. The molecule has 1 saturated heterocycles. The highest BCUT2D eigenvalue weighted by atomic mass is 79.9. The fourth-order valence-corrected chi connectivity index (χ4v) is 2.83. The van der Waals surface area contributed by atoms with Crippen LogP contribution in [-0.2, 0) is 6.54 Å². The van der Waals surface area contributed by atoms with Crippen LogP contribution in [0.2, 0.25) is 0 Å². The molecule has 1 fully saturated rings. The maximum atomic E-state index is 5.83. The Hall–Kier alpha value is -0.580. The molecule has 0 aromatic heterocycles. The third-order valence-corrected chi connectivity index (χ3v) is 4.15. The van der Waals surface area contributed by atoms with Gasteiger partial charge in [0.1, 0.15) is 0 Å². The molecular weight excluding hydrogens is 290 g/mol. The van der Waals surface area contributed by atoms with Gasteiger partial charge in [-0.05, 0) is 31.5 Å². The fraction of sp³-hybridized carbons (Fsp3) is 0.571. The second-order valence-corrected chi connectivity index (χ2v) is 6.01. The molecule has 0 amide bonds. The number of hydrogen-bond acceptors (Lipinski definition) is 3. The highest BCUT2D eigenvalue weighted by molar-refractivity contribution is 9.10. The zero-order valence-electron chi connectivity index (χ0n) is 11.2. The first-order chi connectivity index (χ1) is 8.61. The number of halogens is 1. The van der Waals surface area contributed by atoms with Crippen molar-refractivity contribution in [2.75, 3.05) is 31.1 Å². The first-order valence-corrected chi connectivity index (χ1v) is 7.38. The number of nitrogens with zero attached hydrogens (tertiary/aromatic N) is 2. The van der Waals surface area contributed by atoms with E-state index in [4.69, 9.17) is 5.73 Å². The Labute approximate surface area is 118 Å². The van der Waals surface area contributed by atoms with Crippen LogP contribution in [0.3, 0.4) is 0 Å². The molecule has 0 bridgehead atoms. The molecule has 100 valence electrons. The summed E-state index contributed by atoms with van der Waals surface area (Å²) in [7, 11) is 0. The lowest BCUT2D eigenvalue weighted by Crippen LogP contribution is -2.49. The van der Waals surface area contributed by atoms with E-state index in [1.807, 2.05) is 0 Å². The summed E-state index contributed by atoms with van der Waals surface area (Å²) in [6, 6.07) is 7.01. The minimum atomic E-state index is 0.604. The van der Waals surface area contributed by atoms with Crippen molar-refractivity contribution in [3.05, 3.63) is 28.2 Å². The SMILES string of the molecule is CC(C)N1CCN(c2cc(Br)ccc2CN)CC1. The van der Waals surface area contributed by atoms with Crippen LogP contribution in [0.15, 0.2) is 22.7 Å². The number of anilines is 1. The lowest BCUT2D eigenvalue weighted by molar-refractivity contribution is 0.209. The first kappa shape index (κ1) is 13.8. The van der Waals surface area contributed by atoms with Crippen LogP contribution >= 0.6 is 15.9 Å². The molecule has 1 aromatic carbocycles. The van der Waals surface area contributed by atoms with Crippen molar-refractivity contribution >= 4 is 21.6 Å². The Balaban J connectivity index is 2.11. The highest BCUT2D eigenvalue weighted by Gasteiger charge is 2.20. The van der Waals surface area contributed by atoms with Gasteiger partial charge < -0.3 is 10.6 Å². The average Bonchev–Trinajstić information content (AvgIpc) is 2.39. The van der Waals surface area contributed by atoms with Crippen molar-refractivity contribution in [2.45, 2.75) is 26.4 Å². The number of piperazine rings is 1. The third-order valence-electron chi connectivity index (χ3n) is 3.65. The van der Waals surface area contributed by atoms with Crippen LogP contribution < -0.4 is 10.6 Å². The molecule has 1 aromatic rings. The summed E-state index contributed by atoms with van der Waals surface area (Å²) in [6.45, 7) is 9.57. The van der Waals surface area contributed by atoms with E-state index in [9.17, 15) is 0 Å². The Morgan fingerprint density at radius 1 is 1.22 bits per heavy atom. The van der Waals surface area contributed by atoms with E-state index in [1.165, 1.54) is 11.3 Å². The van der Waals surface area contributed by atoms with Gasteiger partial charge in [0.15, 0.2) is 0 Å². The van der Waals surface area contributed by atoms with E-state index < -0.39 is 0 Å². The Morgan fingerprint density at radius 3 is 2.44 bits per heavy atom. The lowest BCUT2D eigenvalue weighted by Gasteiger charge is -2.38. The molecular formula is C14H22BrN3. The molecule has 0 radical (unpaired) electrons. The zero-order chi connectivity index (χ0) is 13.1. The maximum Gasteiger partial charge on any atom is 0.0423 e. The summed E-state index contributed by atoms with van der Waals surface area (Å²) in [4.78, 5) is 4.97. The second-order valence-electron chi connectivity index (χ2n) is 5.09. The van der Waals surface area contributed by atoms with Gasteiger partial charge in [-0.1, -0.05) is 22.0 Å². The first-order valence-electron chi connectivity index (χ1n) is 6.59. The normalized spacial score (nSPS) is 17.5. The van der Waals surface area contributed by atoms with Crippen molar-refractivity contribution in [1.29, 1.82) is 0 Å². The summed E-state index contributed by atoms with van der Waals surface area (Å²) in [5, 5.41) is 0. The molecule has 0 aliphatic carbocycles. The quantitative estimate of drug-likeness (QED) is 0.930. The molecule has 1 heterocycles. The van der Waals surface area contributed by atoms with E-state index in [-0.39, 0.29) is 0 Å². The van der Waals surface area contributed by atoms with E-state index in [0.717, 1.165) is 30.7 Å². The minimum Gasteiger partial charge on any atom is -0.369 e. The van der Waals surface area contributed by atoms with Crippen LogP contribution in [0.5, 0.6) is 0 Å². The van der Waals surface area contributed by atoms with Gasteiger partial charge in [0.2, 0.25) is 0 Å². The van der Waals surface area contributed by atoms with E-state index in [1.54, 1.807) is 0 Å².